The van der Waals surface area contributed by atoms with Gasteiger partial charge in [-0.15, -0.1) is 0 Å². The molecule has 0 atom stereocenters. The third kappa shape index (κ3) is 1.85. The highest BCUT2D eigenvalue weighted by molar-refractivity contribution is 9.10. The van der Waals surface area contributed by atoms with Crippen molar-refractivity contribution in [3.8, 4) is 17.3 Å². The van der Waals surface area contributed by atoms with Gasteiger partial charge in [-0.2, -0.15) is 5.26 Å². The largest absolute Gasteiger partial charge is 0.354 e. The number of nitrogens with one attached hydrogen (secondary N) is 1. The number of fused-ring (bicyclic) bond motifs is 1. The molecule has 1 N–H and O–H groups in total. The first-order valence-electron chi connectivity index (χ1n) is 5.98. The van der Waals surface area contributed by atoms with E-state index >= 15 is 0 Å². The van der Waals surface area contributed by atoms with Crippen LogP contribution in [0.2, 0.25) is 0 Å². The molecule has 0 unspecified atom stereocenters. The minimum atomic E-state index is 0.674. The lowest BCUT2D eigenvalue weighted by Gasteiger charge is -2.02. The van der Waals surface area contributed by atoms with Crippen molar-refractivity contribution < 1.29 is 0 Å². The Hall–Kier alpha value is -2.05. The van der Waals surface area contributed by atoms with Crippen LogP contribution in [0.4, 0.5) is 0 Å². The molecule has 1 aromatic heterocycles. The summed E-state index contributed by atoms with van der Waals surface area (Å²) in [4.78, 5) is 3.40. The topological polar surface area (TPSA) is 39.6 Å². The second kappa shape index (κ2) is 4.56. The predicted molar refractivity (Wildman–Crippen MR) is 80.9 cm³/mol. The molecule has 3 rings (SSSR count). The van der Waals surface area contributed by atoms with Crippen molar-refractivity contribution in [3.63, 3.8) is 0 Å². The highest BCUT2D eigenvalue weighted by Gasteiger charge is 2.14. The third-order valence-electron chi connectivity index (χ3n) is 3.29. The summed E-state index contributed by atoms with van der Waals surface area (Å²) in [5, 5.41) is 10.4. The zero-order valence-electron chi connectivity index (χ0n) is 10.4. The molecule has 3 heteroatoms. The number of halogens is 1. The number of benzene rings is 2. The van der Waals surface area contributed by atoms with Crippen molar-refractivity contribution in [2.75, 3.05) is 0 Å². The SMILES string of the molecule is Cc1cccc2[nH]c(-c3ccccc3C#N)c(Br)c12. The van der Waals surface area contributed by atoms with Gasteiger partial charge in [0.05, 0.1) is 21.8 Å². The zero-order valence-corrected chi connectivity index (χ0v) is 12.0. The van der Waals surface area contributed by atoms with Crippen LogP contribution in [0.1, 0.15) is 11.1 Å². The van der Waals surface area contributed by atoms with E-state index in [1.807, 2.05) is 36.4 Å². The Morgan fingerprint density at radius 3 is 2.63 bits per heavy atom. The number of aromatic nitrogens is 1. The van der Waals surface area contributed by atoms with Gasteiger partial charge in [-0.1, -0.05) is 30.3 Å². The number of rotatable bonds is 1. The average molecular weight is 311 g/mol. The molecule has 0 aliphatic rings. The molecular formula is C16H11BrN2. The summed E-state index contributed by atoms with van der Waals surface area (Å²) in [6.07, 6.45) is 0. The van der Waals surface area contributed by atoms with E-state index in [4.69, 9.17) is 0 Å². The lowest BCUT2D eigenvalue weighted by atomic mass is 10.1. The van der Waals surface area contributed by atoms with Crippen LogP contribution in [-0.4, -0.2) is 4.98 Å². The van der Waals surface area contributed by atoms with Crippen molar-refractivity contribution >= 4 is 26.8 Å². The molecular weight excluding hydrogens is 300 g/mol. The van der Waals surface area contributed by atoms with Crippen molar-refractivity contribution in [2.24, 2.45) is 0 Å². The monoisotopic (exact) mass is 310 g/mol. The van der Waals surface area contributed by atoms with E-state index < -0.39 is 0 Å². The van der Waals surface area contributed by atoms with E-state index in [9.17, 15) is 5.26 Å². The summed E-state index contributed by atoms with van der Waals surface area (Å²) >= 11 is 3.66. The minimum Gasteiger partial charge on any atom is -0.354 e. The summed E-state index contributed by atoms with van der Waals surface area (Å²) in [5.41, 5.74) is 4.84. The number of hydrogen-bond acceptors (Lipinski definition) is 1. The van der Waals surface area contributed by atoms with Gasteiger partial charge in [-0.25, -0.2) is 0 Å². The molecule has 2 nitrogen and oxygen atoms in total. The number of aromatic amines is 1. The fraction of sp³-hybridized carbons (Fsp3) is 0.0625. The van der Waals surface area contributed by atoms with Crippen LogP contribution >= 0.6 is 15.9 Å². The number of hydrogen-bond donors (Lipinski definition) is 1. The highest BCUT2D eigenvalue weighted by Crippen LogP contribution is 2.37. The number of aryl methyl sites for hydroxylation is 1. The molecule has 0 aliphatic carbocycles. The molecule has 0 saturated heterocycles. The highest BCUT2D eigenvalue weighted by atomic mass is 79.9. The summed E-state index contributed by atoms with van der Waals surface area (Å²) < 4.78 is 1.02. The maximum Gasteiger partial charge on any atom is 0.0998 e. The first-order valence-corrected chi connectivity index (χ1v) is 6.78. The molecule has 2 aromatic carbocycles. The lowest BCUT2D eigenvalue weighted by molar-refractivity contribution is 1.41. The van der Waals surface area contributed by atoms with E-state index in [1.54, 1.807) is 0 Å². The third-order valence-corrected chi connectivity index (χ3v) is 4.08. The van der Waals surface area contributed by atoms with E-state index in [-0.39, 0.29) is 0 Å². The molecule has 0 fully saturated rings. The number of H-pyrrole nitrogens is 1. The standard InChI is InChI=1S/C16H11BrN2/c1-10-5-4-8-13-14(10)15(17)16(19-13)12-7-3-2-6-11(12)9-18/h2-8,19H,1H3. The van der Waals surface area contributed by atoms with Crippen molar-refractivity contribution in [3.05, 3.63) is 58.1 Å². The predicted octanol–water partition coefficient (Wildman–Crippen LogP) is 4.78. The van der Waals surface area contributed by atoms with Gasteiger partial charge in [0.25, 0.3) is 0 Å². The van der Waals surface area contributed by atoms with E-state index in [0.717, 1.165) is 21.2 Å². The van der Waals surface area contributed by atoms with Gasteiger partial charge in [-0.05, 0) is 40.5 Å². The summed E-state index contributed by atoms with van der Waals surface area (Å²) in [5.74, 6) is 0. The van der Waals surface area contributed by atoms with E-state index in [1.165, 1.54) is 10.9 Å². The van der Waals surface area contributed by atoms with Crippen LogP contribution in [0, 0.1) is 18.3 Å². The Morgan fingerprint density at radius 2 is 1.89 bits per heavy atom. The van der Waals surface area contributed by atoms with Crippen LogP contribution in [-0.2, 0) is 0 Å². The molecule has 92 valence electrons. The molecule has 19 heavy (non-hydrogen) atoms. The Bertz CT molecular complexity index is 809. The van der Waals surface area contributed by atoms with Gasteiger partial charge in [0.2, 0.25) is 0 Å². The first-order chi connectivity index (χ1) is 9.22. The van der Waals surface area contributed by atoms with Gasteiger partial charge in [0.15, 0.2) is 0 Å². The molecule has 3 aromatic rings. The normalized spacial score (nSPS) is 10.6. The fourth-order valence-electron chi connectivity index (χ4n) is 2.36. The van der Waals surface area contributed by atoms with Gasteiger partial charge >= 0.3 is 0 Å². The van der Waals surface area contributed by atoms with Gasteiger partial charge in [-0.3, -0.25) is 0 Å². The minimum absolute atomic E-state index is 0.674. The van der Waals surface area contributed by atoms with Crippen molar-refractivity contribution in [1.29, 1.82) is 5.26 Å². The molecule has 0 bridgehead atoms. The second-order valence-corrected chi connectivity index (χ2v) is 5.26. The molecule has 0 aliphatic heterocycles. The second-order valence-electron chi connectivity index (χ2n) is 4.47. The zero-order chi connectivity index (χ0) is 13.4. The van der Waals surface area contributed by atoms with Gasteiger partial charge in [0.1, 0.15) is 0 Å². The van der Waals surface area contributed by atoms with Gasteiger partial charge < -0.3 is 4.98 Å². The fourth-order valence-corrected chi connectivity index (χ4v) is 3.20. The molecule has 1 heterocycles. The van der Waals surface area contributed by atoms with Crippen LogP contribution in [0.15, 0.2) is 46.9 Å². The van der Waals surface area contributed by atoms with E-state index in [2.05, 4.69) is 40.0 Å². The molecule has 0 amide bonds. The summed E-state index contributed by atoms with van der Waals surface area (Å²) in [6, 6.07) is 16.0. The average Bonchev–Trinajstić information content (AvgIpc) is 2.77. The lowest BCUT2D eigenvalue weighted by Crippen LogP contribution is -1.84. The van der Waals surface area contributed by atoms with Crippen LogP contribution < -0.4 is 0 Å². The summed E-state index contributed by atoms with van der Waals surface area (Å²) in [6.45, 7) is 2.08. The summed E-state index contributed by atoms with van der Waals surface area (Å²) in [7, 11) is 0. The van der Waals surface area contributed by atoms with Gasteiger partial charge in [0, 0.05) is 16.5 Å². The smallest absolute Gasteiger partial charge is 0.0998 e. The molecule has 0 saturated carbocycles. The Morgan fingerprint density at radius 1 is 1.11 bits per heavy atom. The Kier molecular flexibility index (Phi) is 2.88. The van der Waals surface area contributed by atoms with E-state index in [0.29, 0.717) is 5.56 Å². The molecule has 0 radical (unpaired) electrons. The maximum absolute atomic E-state index is 9.22. The van der Waals surface area contributed by atoms with Crippen LogP contribution in [0.5, 0.6) is 0 Å². The number of nitrogens with zero attached hydrogens (tertiary/aromatic N) is 1. The maximum atomic E-state index is 9.22. The van der Waals surface area contributed by atoms with Crippen LogP contribution in [0.3, 0.4) is 0 Å². The number of nitriles is 1. The molecule has 0 spiro atoms. The van der Waals surface area contributed by atoms with Crippen LogP contribution in [0.25, 0.3) is 22.2 Å². The Balaban J connectivity index is 2.36. The quantitative estimate of drug-likeness (QED) is 0.690. The van der Waals surface area contributed by atoms with Crippen molar-refractivity contribution in [1.82, 2.24) is 4.98 Å². The van der Waals surface area contributed by atoms with Crippen molar-refractivity contribution in [2.45, 2.75) is 6.92 Å². The Labute approximate surface area is 119 Å². The first kappa shape index (κ1) is 12.0.